The summed E-state index contributed by atoms with van der Waals surface area (Å²) in [6.07, 6.45) is 4.30. The van der Waals surface area contributed by atoms with Crippen LogP contribution in [0.4, 0.5) is 0 Å². The SMILES string of the molecule is CCN(CC)CC(=O)NC(c1ncc(C)s1)C1CC1. The van der Waals surface area contributed by atoms with E-state index in [2.05, 4.69) is 36.0 Å². The van der Waals surface area contributed by atoms with Crippen molar-refractivity contribution in [3.63, 3.8) is 0 Å². The highest BCUT2D eigenvalue weighted by Gasteiger charge is 2.35. The second-order valence-corrected chi connectivity index (χ2v) is 6.42. The lowest BCUT2D eigenvalue weighted by Gasteiger charge is -2.20. The smallest absolute Gasteiger partial charge is 0.234 e. The van der Waals surface area contributed by atoms with Crippen molar-refractivity contribution >= 4 is 17.2 Å². The van der Waals surface area contributed by atoms with Crippen molar-refractivity contribution in [2.75, 3.05) is 19.6 Å². The van der Waals surface area contributed by atoms with Crippen molar-refractivity contribution in [3.05, 3.63) is 16.1 Å². The molecule has 1 fully saturated rings. The molecule has 19 heavy (non-hydrogen) atoms. The fourth-order valence-electron chi connectivity index (χ4n) is 2.20. The van der Waals surface area contributed by atoms with Gasteiger partial charge in [0.05, 0.1) is 12.6 Å². The fourth-order valence-corrected chi connectivity index (χ4v) is 3.12. The zero-order valence-corrected chi connectivity index (χ0v) is 12.8. The Hall–Kier alpha value is -0.940. The zero-order valence-electron chi connectivity index (χ0n) is 12.0. The van der Waals surface area contributed by atoms with Gasteiger partial charge in [0.15, 0.2) is 0 Å². The Kier molecular flexibility index (Phi) is 4.93. The Morgan fingerprint density at radius 1 is 1.53 bits per heavy atom. The summed E-state index contributed by atoms with van der Waals surface area (Å²) in [7, 11) is 0. The highest BCUT2D eigenvalue weighted by atomic mass is 32.1. The molecule has 1 saturated carbocycles. The van der Waals surface area contributed by atoms with Gasteiger partial charge in [-0.15, -0.1) is 11.3 Å². The predicted octanol–water partition coefficient (Wildman–Crippen LogP) is 2.36. The predicted molar refractivity (Wildman–Crippen MR) is 78.2 cm³/mol. The van der Waals surface area contributed by atoms with Crippen LogP contribution in [-0.4, -0.2) is 35.4 Å². The first kappa shape index (κ1) is 14.5. The van der Waals surface area contributed by atoms with Crippen LogP contribution in [0.15, 0.2) is 6.20 Å². The van der Waals surface area contributed by atoms with E-state index in [1.54, 1.807) is 11.3 Å². The number of thiazole rings is 1. The van der Waals surface area contributed by atoms with E-state index in [-0.39, 0.29) is 11.9 Å². The van der Waals surface area contributed by atoms with Gasteiger partial charge in [-0.05, 0) is 38.8 Å². The number of hydrogen-bond acceptors (Lipinski definition) is 4. The number of hydrogen-bond donors (Lipinski definition) is 1. The molecule has 1 aliphatic rings. The van der Waals surface area contributed by atoms with E-state index in [1.165, 1.54) is 17.7 Å². The van der Waals surface area contributed by atoms with Crippen molar-refractivity contribution in [3.8, 4) is 0 Å². The monoisotopic (exact) mass is 281 g/mol. The molecule has 1 aromatic heterocycles. The molecule has 1 N–H and O–H groups in total. The number of likely N-dealkylation sites (N-methyl/N-ethyl adjacent to an activating group) is 1. The van der Waals surface area contributed by atoms with Crippen LogP contribution in [0.5, 0.6) is 0 Å². The molecule has 0 aliphatic heterocycles. The molecule has 0 spiro atoms. The molecule has 0 radical (unpaired) electrons. The maximum atomic E-state index is 12.1. The standard InChI is InChI=1S/C14H23N3OS/c1-4-17(5-2)9-12(18)16-13(11-6-7-11)14-15-8-10(3)19-14/h8,11,13H,4-7,9H2,1-3H3,(H,16,18). The van der Waals surface area contributed by atoms with Gasteiger partial charge in [-0.1, -0.05) is 13.8 Å². The summed E-state index contributed by atoms with van der Waals surface area (Å²) in [6.45, 7) is 8.53. The van der Waals surface area contributed by atoms with Crippen LogP contribution >= 0.6 is 11.3 Å². The first-order valence-electron chi connectivity index (χ1n) is 7.08. The highest BCUT2D eigenvalue weighted by Crippen LogP contribution is 2.41. The molecule has 106 valence electrons. The van der Waals surface area contributed by atoms with E-state index in [0.717, 1.165) is 18.1 Å². The Morgan fingerprint density at radius 3 is 2.68 bits per heavy atom. The number of amides is 1. The Bertz CT molecular complexity index is 424. The van der Waals surface area contributed by atoms with Crippen molar-refractivity contribution in [2.45, 2.75) is 39.7 Å². The van der Waals surface area contributed by atoms with Gasteiger partial charge in [0.1, 0.15) is 5.01 Å². The summed E-state index contributed by atoms with van der Waals surface area (Å²) < 4.78 is 0. The van der Waals surface area contributed by atoms with Crippen molar-refractivity contribution in [2.24, 2.45) is 5.92 Å². The summed E-state index contributed by atoms with van der Waals surface area (Å²) >= 11 is 1.70. The third-order valence-corrected chi connectivity index (χ3v) is 4.57. The molecular formula is C14H23N3OS. The van der Waals surface area contributed by atoms with E-state index in [0.29, 0.717) is 12.5 Å². The quantitative estimate of drug-likeness (QED) is 0.834. The average molecular weight is 281 g/mol. The maximum absolute atomic E-state index is 12.1. The fraction of sp³-hybridized carbons (Fsp3) is 0.714. The summed E-state index contributed by atoms with van der Waals surface area (Å²) in [5.41, 5.74) is 0. The van der Waals surface area contributed by atoms with Gasteiger partial charge in [0.25, 0.3) is 0 Å². The molecule has 1 atom stereocenters. The van der Waals surface area contributed by atoms with Gasteiger partial charge < -0.3 is 5.32 Å². The lowest BCUT2D eigenvalue weighted by molar-refractivity contribution is -0.123. The lowest BCUT2D eigenvalue weighted by Crippen LogP contribution is -2.39. The van der Waals surface area contributed by atoms with Crippen LogP contribution in [0, 0.1) is 12.8 Å². The molecule has 5 heteroatoms. The highest BCUT2D eigenvalue weighted by molar-refractivity contribution is 7.11. The minimum absolute atomic E-state index is 0.119. The van der Waals surface area contributed by atoms with E-state index in [9.17, 15) is 4.79 Å². The molecule has 1 unspecified atom stereocenters. The molecule has 1 aromatic rings. The van der Waals surface area contributed by atoms with Gasteiger partial charge in [0, 0.05) is 11.1 Å². The number of nitrogens with zero attached hydrogens (tertiary/aromatic N) is 2. The number of aromatic nitrogens is 1. The minimum Gasteiger partial charge on any atom is -0.345 e. The van der Waals surface area contributed by atoms with Crippen LogP contribution < -0.4 is 5.32 Å². The van der Waals surface area contributed by atoms with Crippen LogP contribution in [0.25, 0.3) is 0 Å². The zero-order chi connectivity index (χ0) is 13.8. The van der Waals surface area contributed by atoms with Crippen LogP contribution in [-0.2, 0) is 4.79 Å². The second kappa shape index (κ2) is 6.48. The van der Waals surface area contributed by atoms with E-state index < -0.39 is 0 Å². The molecular weight excluding hydrogens is 258 g/mol. The molecule has 0 saturated heterocycles. The van der Waals surface area contributed by atoms with E-state index in [4.69, 9.17) is 0 Å². The van der Waals surface area contributed by atoms with Crippen molar-refractivity contribution < 1.29 is 4.79 Å². The van der Waals surface area contributed by atoms with E-state index in [1.807, 2.05) is 6.20 Å². The third kappa shape index (κ3) is 4.01. The molecule has 2 rings (SSSR count). The van der Waals surface area contributed by atoms with Gasteiger partial charge >= 0.3 is 0 Å². The summed E-state index contributed by atoms with van der Waals surface area (Å²) in [4.78, 5) is 19.9. The first-order valence-corrected chi connectivity index (χ1v) is 7.89. The first-order chi connectivity index (χ1) is 9.13. The topological polar surface area (TPSA) is 45.2 Å². The lowest BCUT2D eigenvalue weighted by atomic mass is 10.2. The minimum atomic E-state index is 0.119. The van der Waals surface area contributed by atoms with Crippen LogP contribution in [0.3, 0.4) is 0 Å². The summed E-state index contributed by atoms with van der Waals surface area (Å²) in [6, 6.07) is 0.127. The normalized spacial score (nSPS) is 16.6. The number of carbonyl (C=O) groups is 1. The van der Waals surface area contributed by atoms with Gasteiger partial charge in [0.2, 0.25) is 5.91 Å². The number of carbonyl (C=O) groups excluding carboxylic acids is 1. The number of rotatable bonds is 7. The summed E-state index contributed by atoms with van der Waals surface area (Å²) in [5.74, 6) is 0.708. The largest absolute Gasteiger partial charge is 0.345 e. The Balaban J connectivity index is 1.95. The van der Waals surface area contributed by atoms with Crippen LogP contribution in [0.1, 0.15) is 42.6 Å². The molecule has 1 heterocycles. The molecule has 0 bridgehead atoms. The van der Waals surface area contributed by atoms with E-state index >= 15 is 0 Å². The Morgan fingerprint density at radius 2 is 2.21 bits per heavy atom. The average Bonchev–Trinajstić information content (AvgIpc) is 3.15. The molecule has 1 amide bonds. The summed E-state index contributed by atoms with van der Waals surface area (Å²) in [5, 5.41) is 4.24. The second-order valence-electron chi connectivity index (χ2n) is 5.15. The van der Waals surface area contributed by atoms with Crippen LogP contribution in [0.2, 0.25) is 0 Å². The molecule has 1 aliphatic carbocycles. The third-order valence-electron chi connectivity index (χ3n) is 3.58. The van der Waals surface area contributed by atoms with Gasteiger partial charge in [-0.2, -0.15) is 0 Å². The molecule has 0 aromatic carbocycles. The van der Waals surface area contributed by atoms with Crippen molar-refractivity contribution in [1.82, 2.24) is 15.2 Å². The maximum Gasteiger partial charge on any atom is 0.234 e. The Labute approximate surface area is 119 Å². The van der Waals surface area contributed by atoms with Crippen molar-refractivity contribution in [1.29, 1.82) is 0 Å². The van der Waals surface area contributed by atoms with Gasteiger partial charge in [-0.3, -0.25) is 9.69 Å². The molecule has 4 nitrogen and oxygen atoms in total. The van der Waals surface area contributed by atoms with Gasteiger partial charge in [-0.25, -0.2) is 4.98 Å². The number of nitrogens with one attached hydrogen (secondary N) is 1. The number of aryl methyl sites for hydroxylation is 1.